The van der Waals surface area contributed by atoms with E-state index in [1.54, 1.807) is 0 Å². The zero-order chi connectivity index (χ0) is 9.94. The fourth-order valence-corrected chi connectivity index (χ4v) is 1.17. The predicted molar refractivity (Wildman–Crippen MR) is 55.4 cm³/mol. The molecule has 3 N–H and O–H groups in total. The molecule has 0 bridgehead atoms. The lowest BCUT2D eigenvalue weighted by molar-refractivity contribution is -0.118. The van der Waals surface area contributed by atoms with E-state index in [0.29, 0.717) is 6.42 Å². The van der Waals surface area contributed by atoms with E-state index < -0.39 is 0 Å². The van der Waals surface area contributed by atoms with Crippen LogP contribution in [0.1, 0.15) is 45.4 Å². The van der Waals surface area contributed by atoms with Gasteiger partial charge in [0.25, 0.3) is 0 Å². The Kier molecular flexibility index (Phi) is 9.10. The minimum absolute atomic E-state index is 0.189. The number of hydrogen-bond acceptors (Lipinski definition) is 2. The van der Waals surface area contributed by atoms with E-state index in [2.05, 4.69) is 12.2 Å². The van der Waals surface area contributed by atoms with Gasteiger partial charge in [-0.2, -0.15) is 0 Å². The van der Waals surface area contributed by atoms with Crippen molar-refractivity contribution in [3.63, 3.8) is 0 Å². The number of hydrogen-bond donors (Lipinski definition) is 2. The van der Waals surface area contributed by atoms with E-state index >= 15 is 0 Å². The summed E-state index contributed by atoms with van der Waals surface area (Å²) in [5.41, 5.74) is 5.01. The van der Waals surface area contributed by atoms with Gasteiger partial charge in [-0.3, -0.25) is 4.79 Å². The zero-order valence-electron chi connectivity index (χ0n) is 8.64. The molecular weight excluding hydrogens is 164 g/mol. The summed E-state index contributed by atoms with van der Waals surface area (Å²) in [4.78, 5) is 10.4. The van der Waals surface area contributed by atoms with Crippen LogP contribution in [-0.2, 0) is 4.79 Å². The number of carbonyl (C=O) groups excluding carboxylic acids is 1. The standard InChI is InChI=1S/C10H22N2O/c1-2-3-5-8-12-9-6-4-7-10(11)13/h12H,2-9H2,1H3,(H2,11,13). The van der Waals surface area contributed by atoms with Crippen LogP contribution in [0.25, 0.3) is 0 Å². The third kappa shape index (κ3) is 11.4. The molecule has 0 radical (unpaired) electrons. The largest absolute Gasteiger partial charge is 0.370 e. The molecule has 0 aliphatic rings. The quantitative estimate of drug-likeness (QED) is 0.535. The van der Waals surface area contributed by atoms with Gasteiger partial charge in [0.15, 0.2) is 0 Å². The summed E-state index contributed by atoms with van der Waals surface area (Å²) < 4.78 is 0. The highest BCUT2D eigenvalue weighted by molar-refractivity contribution is 5.73. The van der Waals surface area contributed by atoms with Crippen LogP contribution in [0.15, 0.2) is 0 Å². The van der Waals surface area contributed by atoms with Crippen LogP contribution in [0.4, 0.5) is 0 Å². The van der Waals surface area contributed by atoms with Gasteiger partial charge < -0.3 is 11.1 Å². The molecule has 0 fully saturated rings. The highest BCUT2D eigenvalue weighted by Gasteiger charge is 1.93. The van der Waals surface area contributed by atoms with Gasteiger partial charge in [-0.25, -0.2) is 0 Å². The Morgan fingerprint density at radius 3 is 2.31 bits per heavy atom. The van der Waals surface area contributed by atoms with Crippen molar-refractivity contribution in [2.75, 3.05) is 13.1 Å². The maximum atomic E-state index is 10.4. The lowest BCUT2D eigenvalue weighted by atomic mass is 10.2. The maximum absolute atomic E-state index is 10.4. The lowest BCUT2D eigenvalue weighted by Crippen LogP contribution is -2.17. The summed E-state index contributed by atoms with van der Waals surface area (Å²) in [6.45, 7) is 4.31. The van der Waals surface area contributed by atoms with Crippen molar-refractivity contribution >= 4 is 5.91 Å². The first-order valence-corrected chi connectivity index (χ1v) is 5.26. The van der Waals surface area contributed by atoms with E-state index in [1.165, 1.54) is 19.3 Å². The summed E-state index contributed by atoms with van der Waals surface area (Å²) in [5, 5.41) is 3.34. The molecule has 0 saturated carbocycles. The third-order valence-corrected chi connectivity index (χ3v) is 1.98. The molecule has 0 saturated heterocycles. The Morgan fingerprint density at radius 2 is 1.77 bits per heavy atom. The van der Waals surface area contributed by atoms with Gasteiger partial charge in [-0.05, 0) is 32.4 Å². The van der Waals surface area contributed by atoms with Gasteiger partial charge in [-0.15, -0.1) is 0 Å². The molecule has 0 aliphatic heterocycles. The molecule has 3 nitrogen and oxygen atoms in total. The summed E-state index contributed by atoms with van der Waals surface area (Å²) in [5.74, 6) is -0.189. The maximum Gasteiger partial charge on any atom is 0.217 e. The number of amides is 1. The highest BCUT2D eigenvalue weighted by Crippen LogP contribution is 1.94. The topological polar surface area (TPSA) is 55.1 Å². The average molecular weight is 186 g/mol. The van der Waals surface area contributed by atoms with Crippen molar-refractivity contribution in [2.24, 2.45) is 5.73 Å². The van der Waals surface area contributed by atoms with Gasteiger partial charge in [-0.1, -0.05) is 19.8 Å². The number of carbonyl (C=O) groups is 1. The van der Waals surface area contributed by atoms with E-state index in [9.17, 15) is 4.79 Å². The Balaban J connectivity index is 2.87. The Hall–Kier alpha value is -0.570. The number of nitrogens with two attached hydrogens (primary N) is 1. The molecule has 0 unspecified atom stereocenters. The van der Waals surface area contributed by atoms with Crippen LogP contribution in [0, 0.1) is 0 Å². The number of primary amides is 1. The smallest absolute Gasteiger partial charge is 0.217 e. The van der Waals surface area contributed by atoms with Crippen LogP contribution in [0.5, 0.6) is 0 Å². The van der Waals surface area contributed by atoms with Crippen LogP contribution in [-0.4, -0.2) is 19.0 Å². The predicted octanol–water partition coefficient (Wildman–Crippen LogP) is 1.42. The third-order valence-electron chi connectivity index (χ3n) is 1.98. The SMILES string of the molecule is CCCCCNCCCCC(N)=O. The van der Waals surface area contributed by atoms with E-state index in [-0.39, 0.29) is 5.91 Å². The first-order valence-electron chi connectivity index (χ1n) is 5.26. The molecule has 0 rings (SSSR count). The molecule has 0 heterocycles. The number of nitrogens with one attached hydrogen (secondary N) is 1. The van der Waals surface area contributed by atoms with Gasteiger partial charge in [0.05, 0.1) is 0 Å². The Morgan fingerprint density at radius 1 is 1.15 bits per heavy atom. The van der Waals surface area contributed by atoms with E-state index in [4.69, 9.17) is 5.73 Å². The van der Waals surface area contributed by atoms with Crippen LogP contribution in [0.3, 0.4) is 0 Å². The van der Waals surface area contributed by atoms with Crippen LogP contribution < -0.4 is 11.1 Å². The van der Waals surface area contributed by atoms with Crippen molar-refractivity contribution < 1.29 is 4.79 Å². The monoisotopic (exact) mass is 186 g/mol. The highest BCUT2D eigenvalue weighted by atomic mass is 16.1. The van der Waals surface area contributed by atoms with Crippen molar-refractivity contribution in [3.05, 3.63) is 0 Å². The molecular formula is C10H22N2O. The van der Waals surface area contributed by atoms with Gasteiger partial charge in [0.1, 0.15) is 0 Å². The molecule has 3 heteroatoms. The number of rotatable bonds is 9. The average Bonchev–Trinajstić information content (AvgIpc) is 2.09. The van der Waals surface area contributed by atoms with Crippen molar-refractivity contribution in [1.82, 2.24) is 5.32 Å². The number of unbranched alkanes of at least 4 members (excludes halogenated alkanes) is 3. The summed E-state index contributed by atoms with van der Waals surface area (Å²) in [7, 11) is 0. The second-order valence-corrected chi connectivity index (χ2v) is 3.38. The summed E-state index contributed by atoms with van der Waals surface area (Å²) >= 11 is 0. The molecule has 0 aromatic heterocycles. The molecule has 0 spiro atoms. The molecule has 0 atom stereocenters. The molecule has 0 aromatic carbocycles. The van der Waals surface area contributed by atoms with Gasteiger partial charge in [0.2, 0.25) is 5.91 Å². The lowest BCUT2D eigenvalue weighted by Gasteiger charge is -2.02. The van der Waals surface area contributed by atoms with Crippen LogP contribution >= 0.6 is 0 Å². The zero-order valence-corrected chi connectivity index (χ0v) is 8.64. The second-order valence-electron chi connectivity index (χ2n) is 3.38. The summed E-state index contributed by atoms with van der Waals surface area (Å²) in [6.07, 6.45) is 6.31. The van der Waals surface area contributed by atoms with Crippen molar-refractivity contribution in [2.45, 2.75) is 45.4 Å². The Bertz CT molecular complexity index is 126. The molecule has 13 heavy (non-hydrogen) atoms. The Labute approximate surface area is 81.1 Å². The minimum atomic E-state index is -0.189. The first-order chi connectivity index (χ1) is 6.27. The first kappa shape index (κ1) is 12.4. The van der Waals surface area contributed by atoms with Crippen LogP contribution in [0.2, 0.25) is 0 Å². The van der Waals surface area contributed by atoms with Gasteiger partial charge in [0, 0.05) is 6.42 Å². The van der Waals surface area contributed by atoms with Crippen molar-refractivity contribution in [1.29, 1.82) is 0 Å². The summed E-state index contributed by atoms with van der Waals surface area (Å²) in [6, 6.07) is 0. The van der Waals surface area contributed by atoms with Crippen molar-refractivity contribution in [3.8, 4) is 0 Å². The fourth-order valence-electron chi connectivity index (χ4n) is 1.17. The fraction of sp³-hybridized carbons (Fsp3) is 0.900. The van der Waals surface area contributed by atoms with Gasteiger partial charge >= 0.3 is 0 Å². The normalized spacial score (nSPS) is 10.2. The van der Waals surface area contributed by atoms with E-state index in [1.807, 2.05) is 0 Å². The molecule has 0 aliphatic carbocycles. The second kappa shape index (κ2) is 9.52. The van der Waals surface area contributed by atoms with E-state index in [0.717, 1.165) is 25.9 Å². The molecule has 78 valence electrons. The molecule has 0 aromatic rings. The minimum Gasteiger partial charge on any atom is -0.370 e. The molecule has 1 amide bonds.